The largest absolute Gasteiger partial charge is 0.494 e. The van der Waals surface area contributed by atoms with Gasteiger partial charge in [-0.25, -0.2) is 4.79 Å². The molecule has 1 saturated heterocycles. The number of aliphatic carboxylic acids is 1. The number of benzene rings is 3. The van der Waals surface area contributed by atoms with E-state index in [4.69, 9.17) is 4.74 Å². The van der Waals surface area contributed by atoms with Crippen molar-refractivity contribution in [3.8, 4) is 5.75 Å². The molecule has 3 aromatic carbocycles. The van der Waals surface area contributed by atoms with E-state index in [1.165, 1.54) is 11.8 Å². The molecule has 2 unspecified atom stereocenters. The first-order valence-corrected chi connectivity index (χ1v) is 11.6. The van der Waals surface area contributed by atoms with Crippen LogP contribution in [-0.2, 0) is 9.59 Å². The average Bonchev–Trinajstić information content (AvgIpc) is 3.27. The summed E-state index contributed by atoms with van der Waals surface area (Å²) >= 11 is 1.48. The van der Waals surface area contributed by atoms with Gasteiger partial charge in [0, 0.05) is 5.75 Å². The lowest BCUT2D eigenvalue weighted by Gasteiger charge is -2.31. The summed E-state index contributed by atoms with van der Waals surface area (Å²) in [5.41, 5.74) is 2.57. The van der Waals surface area contributed by atoms with Gasteiger partial charge in [-0.3, -0.25) is 4.79 Å². The van der Waals surface area contributed by atoms with Crippen LogP contribution < -0.4 is 4.74 Å². The van der Waals surface area contributed by atoms with Gasteiger partial charge in [-0.15, -0.1) is 11.8 Å². The van der Waals surface area contributed by atoms with Gasteiger partial charge in [0.15, 0.2) is 0 Å². The minimum atomic E-state index is -0.987. The molecule has 2 atom stereocenters. The third-order valence-corrected chi connectivity index (χ3v) is 6.85. The predicted molar refractivity (Wildman–Crippen MR) is 126 cm³/mol. The first kappa shape index (κ1) is 22.0. The van der Waals surface area contributed by atoms with Crippen molar-refractivity contribution in [3.63, 3.8) is 0 Å². The molecule has 5 nitrogen and oxygen atoms in total. The van der Waals surface area contributed by atoms with Crippen LogP contribution in [-0.4, -0.2) is 40.3 Å². The van der Waals surface area contributed by atoms with Crippen LogP contribution in [0.25, 0.3) is 0 Å². The van der Waals surface area contributed by atoms with E-state index in [0.717, 1.165) is 22.4 Å². The van der Waals surface area contributed by atoms with Crippen LogP contribution >= 0.6 is 11.8 Å². The fraction of sp³-hybridized carbons (Fsp3) is 0.231. The van der Waals surface area contributed by atoms with Crippen LogP contribution in [0.15, 0.2) is 84.9 Å². The number of amides is 1. The lowest BCUT2D eigenvalue weighted by molar-refractivity contribution is -0.149. The summed E-state index contributed by atoms with van der Waals surface area (Å²) in [6.07, 6.45) is 0. The standard InChI is InChI=1S/C26H25NO4S/c1-2-31-21-15-13-20(14-16-21)25-27(22(17-32-25)26(29)30)24(28)23(18-9-5-3-6-10-18)19-11-7-4-8-12-19/h3-16,22-23,25H,2,17H2,1H3,(H,29,30). The minimum absolute atomic E-state index is 0.210. The first-order chi connectivity index (χ1) is 15.6. The summed E-state index contributed by atoms with van der Waals surface area (Å²) < 4.78 is 5.53. The van der Waals surface area contributed by atoms with Gasteiger partial charge in [0.05, 0.1) is 12.5 Å². The molecular weight excluding hydrogens is 422 g/mol. The number of ether oxygens (including phenoxy) is 1. The molecule has 1 N–H and O–H groups in total. The Labute approximate surface area is 192 Å². The van der Waals surface area contributed by atoms with Gasteiger partial charge in [0.1, 0.15) is 17.2 Å². The van der Waals surface area contributed by atoms with Gasteiger partial charge < -0.3 is 14.7 Å². The maximum absolute atomic E-state index is 14.0. The average molecular weight is 448 g/mol. The molecule has 32 heavy (non-hydrogen) atoms. The Morgan fingerprint density at radius 1 is 0.969 bits per heavy atom. The molecule has 4 rings (SSSR count). The van der Waals surface area contributed by atoms with E-state index in [1.54, 1.807) is 4.90 Å². The molecule has 0 saturated carbocycles. The van der Waals surface area contributed by atoms with E-state index in [9.17, 15) is 14.7 Å². The number of rotatable bonds is 7. The zero-order valence-corrected chi connectivity index (χ0v) is 18.6. The summed E-state index contributed by atoms with van der Waals surface area (Å²) in [5, 5.41) is 9.53. The van der Waals surface area contributed by atoms with Gasteiger partial charge >= 0.3 is 5.97 Å². The fourth-order valence-corrected chi connectivity index (χ4v) is 5.46. The normalized spacial score (nSPS) is 18.0. The second-order valence-corrected chi connectivity index (χ2v) is 8.65. The smallest absolute Gasteiger partial charge is 0.327 e. The highest BCUT2D eigenvalue weighted by Gasteiger charge is 2.45. The van der Waals surface area contributed by atoms with Crippen LogP contribution in [0, 0.1) is 0 Å². The fourth-order valence-electron chi connectivity index (χ4n) is 4.04. The van der Waals surface area contributed by atoms with E-state index in [1.807, 2.05) is 91.9 Å². The second-order valence-electron chi connectivity index (χ2n) is 7.54. The van der Waals surface area contributed by atoms with Crippen LogP contribution in [0.4, 0.5) is 0 Å². The molecular formula is C26H25NO4S. The summed E-state index contributed by atoms with van der Waals surface area (Å²) in [7, 11) is 0. The van der Waals surface area contributed by atoms with Gasteiger partial charge in [0.25, 0.3) is 0 Å². The Morgan fingerprint density at radius 3 is 2.03 bits per heavy atom. The molecule has 0 aliphatic carbocycles. The number of thioether (sulfide) groups is 1. The Morgan fingerprint density at radius 2 is 1.53 bits per heavy atom. The van der Waals surface area contributed by atoms with Gasteiger partial charge in [-0.2, -0.15) is 0 Å². The maximum Gasteiger partial charge on any atom is 0.327 e. The van der Waals surface area contributed by atoms with Crippen molar-refractivity contribution in [2.75, 3.05) is 12.4 Å². The summed E-state index contributed by atoms with van der Waals surface area (Å²) in [6.45, 7) is 2.49. The predicted octanol–water partition coefficient (Wildman–Crippen LogP) is 4.94. The molecule has 1 amide bonds. The van der Waals surface area contributed by atoms with E-state index >= 15 is 0 Å². The molecule has 1 aliphatic rings. The van der Waals surface area contributed by atoms with E-state index in [0.29, 0.717) is 12.4 Å². The summed E-state index contributed by atoms with van der Waals surface area (Å²) in [5.74, 6) is -0.686. The number of carbonyl (C=O) groups is 2. The Balaban J connectivity index is 1.74. The lowest BCUT2D eigenvalue weighted by Crippen LogP contribution is -2.45. The van der Waals surface area contributed by atoms with E-state index in [-0.39, 0.29) is 11.3 Å². The Kier molecular flexibility index (Phi) is 6.81. The van der Waals surface area contributed by atoms with Crippen molar-refractivity contribution in [2.24, 2.45) is 0 Å². The Hall–Kier alpha value is -3.25. The van der Waals surface area contributed by atoms with Crippen molar-refractivity contribution in [1.29, 1.82) is 0 Å². The second kappa shape index (κ2) is 9.92. The van der Waals surface area contributed by atoms with Crippen molar-refractivity contribution >= 4 is 23.6 Å². The number of nitrogens with zero attached hydrogens (tertiary/aromatic N) is 1. The molecule has 3 aromatic rings. The van der Waals surface area contributed by atoms with Crippen LogP contribution in [0.5, 0.6) is 5.75 Å². The van der Waals surface area contributed by atoms with E-state index in [2.05, 4.69) is 0 Å². The highest BCUT2D eigenvalue weighted by atomic mass is 32.2. The summed E-state index contributed by atoms with van der Waals surface area (Å²) in [4.78, 5) is 27.7. The Bertz CT molecular complexity index is 1020. The number of carboxylic acid groups (broad SMARTS) is 1. The molecule has 0 bridgehead atoms. The SMILES string of the molecule is CCOc1ccc(C2SCC(C(=O)O)N2C(=O)C(c2ccccc2)c2ccccc2)cc1. The van der Waals surface area contributed by atoms with E-state index < -0.39 is 17.9 Å². The molecule has 0 spiro atoms. The third-order valence-electron chi connectivity index (χ3n) is 5.53. The third kappa shape index (κ3) is 4.50. The molecule has 0 radical (unpaired) electrons. The van der Waals surface area contributed by atoms with Gasteiger partial charge in [0.2, 0.25) is 5.91 Å². The van der Waals surface area contributed by atoms with Crippen molar-refractivity contribution in [2.45, 2.75) is 24.3 Å². The van der Waals surface area contributed by atoms with Crippen molar-refractivity contribution in [1.82, 2.24) is 4.90 Å². The minimum Gasteiger partial charge on any atom is -0.494 e. The van der Waals surface area contributed by atoms with Crippen LogP contribution in [0.2, 0.25) is 0 Å². The van der Waals surface area contributed by atoms with Gasteiger partial charge in [-0.05, 0) is 35.7 Å². The molecule has 6 heteroatoms. The van der Waals surface area contributed by atoms with Crippen LogP contribution in [0.3, 0.4) is 0 Å². The van der Waals surface area contributed by atoms with Crippen LogP contribution in [0.1, 0.15) is 34.9 Å². The first-order valence-electron chi connectivity index (χ1n) is 10.6. The quantitative estimate of drug-likeness (QED) is 0.555. The highest BCUT2D eigenvalue weighted by Crippen LogP contribution is 2.44. The topological polar surface area (TPSA) is 66.8 Å². The highest BCUT2D eigenvalue weighted by molar-refractivity contribution is 7.99. The molecule has 1 fully saturated rings. The zero-order chi connectivity index (χ0) is 22.5. The van der Waals surface area contributed by atoms with Crippen molar-refractivity contribution in [3.05, 3.63) is 102 Å². The number of hydrogen-bond donors (Lipinski definition) is 1. The van der Waals surface area contributed by atoms with Gasteiger partial charge in [-0.1, -0.05) is 72.8 Å². The number of carboxylic acids is 1. The number of hydrogen-bond acceptors (Lipinski definition) is 4. The molecule has 0 aromatic heterocycles. The van der Waals surface area contributed by atoms with Crippen molar-refractivity contribution < 1.29 is 19.4 Å². The lowest BCUT2D eigenvalue weighted by atomic mass is 9.89. The summed E-state index contributed by atoms with van der Waals surface area (Å²) in [6, 6.07) is 25.7. The monoisotopic (exact) mass is 447 g/mol. The maximum atomic E-state index is 14.0. The number of carbonyl (C=O) groups excluding carboxylic acids is 1. The molecule has 164 valence electrons. The zero-order valence-electron chi connectivity index (χ0n) is 17.8. The molecule has 1 heterocycles. The molecule has 1 aliphatic heterocycles.